The van der Waals surface area contributed by atoms with Crippen molar-refractivity contribution in [3.63, 3.8) is 0 Å². The Morgan fingerprint density at radius 2 is 1.79 bits per heavy atom. The molecule has 2 N–H and O–H groups in total. The van der Waals surface area contributed by atoms with E-state index in [9.17, 15) is 8.42 Å². The topological polar surface area (TPSA) is 105 Å². The molecule has 0 atom stereocenters. The molecule has 28 heavy (non-hydrogen) atoms. The summed E-state index contributed by atoms with van der Waals surface area (Å²) in [5.41, 5.74) is 0.969. The predicted octanol–water partition coefficient (Wildman–Crippen LogP) is 1.08. The van der Waals surface area contributed by atoms with Crippen LogP contribution >= 0.6 is 24.0 Å². The van der Waals surface area contributed by atoms with Gasteiger partial charge in [-0.15, -0.1) is 24.0 Å². The minimum absolute atomic E-state index is 0. The lowest BCUT2D eigenvalue weighted by molar-refractivity contribution is 0.477. The van der Waals surface area contributed by atoms with Crippen molar-refractivity contribution in [2.24, 2.45) is 12.0 Å². The third kappa shape index (κ3) is 5.41. The van der Waals surface area contributed by atoms with E-state index in [-0.39, 0.29) is 24.0 Å². The van der Waals surface area contributed by atoms with Gasteiger partial charge in [0.1, 0.15) is 12.2 Å². The Balaban J connectivity index is 0.00000280. The summed E-state index contributed by atoms with van der Waals surface area (Å²) >= 11 is 0. The molecule has 0 aliphatic carbocycles. The van der Waals surface area contributed by atoms with E-state index >= 15 is 0 Å². The monoisotopic (exact) mass is 519 g/mol. The molecule has 154 valence electrons. The first-order valence-corrected chi connectivity index (χ1v) is 10.3. The maximum Gasteiger partial charge on any atom is 0.243 e. The molecular formula is C17H26IN7O2S. The average Bonchev–Trinajstić information content (AvgIpc) is 3.35. The molecule has 0 spiro atoms. The number of guanidine groups is 1. The number of hydrogen-bond acceptors (Lipinski definition) is 5. The highest BCUT2D eigenvalue weighted by molar-refractivity contribution is 14.0. The molecular weight excluding hydrogens is 493 g/mol. The van der Waals surface area contributed by atoms with E-state index in [1.54, 1.807) is 28.2 Å². The smallest absolute Gasteiger partial charge is 0.243 e. The van der Waals surface area contributed by atoms with Crippen molar-refractivity contribution in [2.75, 3.05) is 20.1 Å². The van der Waals surface area contributed by atoms with Gasteiger partial charge in [-0.25, -0.2) is 13.4 Å². The van der Waals surface area contributed by atoms with Crippen molar-refractivity contribution in [3.05, 3.63) is 42.0 Å². The normalized spacial score (nSPS) is 15.3. The van der Waals surface area contributed by atoms with E-state index in [1.165, 1.54) is 6.33 Å². The van der Waals surface area contributed by atoms with Crippen LogP contribution in [-0.2, 0) is 30.2 Å². The van der Waals surface area contributed by atoms with E-state index in [2.05, 4.69) is 25.7 Å². The second-order valence-corrected chi connectivity index (χ2v) is 8.27. The van der Waals surface area contributed by atoms with E-state index < -0.39 is 10.0 Å². The number of halogens is 1. The highest BCUT2D eigenvalue weighted by Crippen LogP contribution is 2.21. The molecule has 0 amide bonds. The lowest BCUT2D eigenvalue weighted by Gasteiger charge is -2.16. The third-order valence-corrected chi connectivity index (χ3v) is 6.44. The fourth-order valence-corrected chi connectivity index (χ4v) is 4.42. The van der Waals surface area contributed by atoms with Crippen molar-refractivity contribution < 1.29 is 8.42 Å². The number of nitrogens with zero attached hydrogens (tertiary/aromatic N) is 5. The summed E-state index contributed by atoms with van der Waals surface area (Å²) in [6.07, 6.45) is 3.37. The standard InChI is InChI=1S/C17H25N7O2S.HI/c1-18-17(20-12-16-21-13-22-23(16)2)19-11-14-5-7-15(8-6-14)27(25,26)24-9-3-4-10-24;/h5-8,13H,3-4,9-12H2,1-2H3,(H2,18,19,20);1H. The number of benzene rings is 1. The summed E-state index contributed by atoms with van der Waals surface area (Å²) in [4.78, 5) is 8.67. The molecule has 11 heteroatoms. The van der Waals surface area contributed by atoms with Gasteiger partial charge < -0.3 is 10.6 Å². The van der Waals surface area contributed by atoms with Gasteiger partial charge in [0.25, 0.3) is 0 Å². The SMILES string of the molecule is CN=C(NCc1ccc(S(=O)(=O)N2CCCC2)cc1)NCc1ncnn1C.I. The van der Waals surface area contributed by atoms with Gasteiger partial charge in [0.2, 0.25) is 10.0 Å². The fraction of sp³-hybridized carbons (Fsp3) is 0.471. The zero-order valence-electron chi connectivity index (χ0n) is 16.0. The fourth-order valence-electron chi connectivity index (χ4n) is 2.91. The molecule has 2 heterocycles. The largest absolute Gasteiger partial charge is 0.352 e. The summed E-state index contributed by atoms with van der Waals surface area (Å²) < 4.78 is 28.4. The minimum Gasteiger partial charge on any atom is -0.352 e. The van der Waals surface area contributed by atoms with Crippen molar-refractivity contribution in [3.8, 4) is 0 Å². The summed E-state index contributed by atoms with van der Waals surface area (Å²) in [5, 5.41) is 10.4. The molecule has 0 radical (unpaired) electrons. The van der Waals surface area contributed by atoms with Crippen LogP contribution in [0.5, 0.6) is 0 Å². The number of rotatable bonds is 6. The lowest BCUT2D eigenvalue weighted by atomic mass is 10.2. The van der Waals surface area contributed by atoms with Crippen LogP contribution in [0.3, 0.4) is 0 Å². The lowest BCUT2D eigenvalue weighted by Crippen LogP contribution is -2.37. The minimum atomic E-state index is -3.37. The molecule has 2 aromatic rings. The molecule has 9 nitrogen and oxygen atoms in total. The maximum atomic E-state index is 12.6. The van der Waals surface area contributed by atoms with Gasteiger partial charge in [-0.05, 0) is 30.5 Å². The Labute approximate surface area is 182 Å². The Morgan fingerprint density at radius 1 is 1.14 bits per heavy atom. The van der Waals surface area contributed by atoms with E-state index in [0.29, 0.717) is 37.0 Å². The van der Waals surface area contributed by atoms with Crippen LogP contribution in [0.2, 0.25) is 0 Å². The Morgan fingerprint density at radius 3 is 2.36 bits per heavy atom. The third-order valence-electron chi connectivity index (χ3n) is 4.53. The molecule has 1 fully saturated rings. The Kier molecular flexibility index (Phi) is 8.19. The summed E-state index contributed by atoms with van der Waals surface area (Å²) in [5.74, 6) is 1.43. The zero-order chi connectivity index (χ0) is 19.3. The molecule has 1 aromatic heterocycles. The first-order valence-electron chi connectivity index (χ1n) is 8.87. The molecule has 1 aliphatic rings. The number of aliphatic imine (C=N–C) groups is 1. The van der Waals surface area contributed by atoms with Gasteiger partial charge in [-0.2, -0.15) is 9.40 Å². The quantitative estimate of drug-likeness (QED) is 0.337. The summed E-state index contributed by atoms with van der Waals surface area (Å²) in [6.45, 7) is 2.25. The van der Waals surface area contributed by atoms with Gasteiger partial charge in [0, 0.05) is 33.7 Å². The second kappa shape index (κ2) is 10.2. The Bertz CT molecular complexity index is 890. The van der Waals surface area contributed by atoms with Gasteiger partial charge in [-0.1, -0.05) is 12.1 Å². The van der Waals surface area contributed by atoms with E-state index in [4.69, 9.17) is 0 Å². The van der Waals surface area contributed by atoms with Crippen molar-refractivity contribution in [2.45, 2.75) is 30.8 Å². The van der Waals surface area contributed by atoms with Crippen LogP contribution < -0.4 is 10.6 Å². The molecule has 1 aromatic carbocycles. The molecule has 0 unspecified atom stereocenters. The van der Waals surface area contributed by atoms with Crippen LogP contribution in [-0.4, -0.2) is 53.6 Å². The van der Waals surface area contributed by atoms with Gasteiger partial charge in [-0.3, -0.25) is 9.67 Å². The first kappa shape index (κ1) is 22.6. The average molecular weight is 519 g/mol. The molecule has 0 saturated carbocycles. The first-order chi connectivity index (χ1) is 13.0. The van der Waals surface area contributed by atoms with Crippen LogP contribution in [0, 0.1) is 0 Å². The number of nitrogens with one attached hydrogen (secondary N) is 2. The van der Waals surface area contributed by atoms with E-state index in [1.807, 2.05) is 19.2 Å². The molecule has 0 bridgehead atoms. The van der Waals surface area contributed by atoms with Crippen LogP contribution in [0.1, 0.15) is 24.2 Å². The highest BCUT2D eigenvalue weighted by atomic mass is 127. The van der Waals surface area contributed by atoms with Crippen LogP contribution in [0.25, 0.3) is 0 Å². The molecule has 3 rings (SSSR count). The second-order valence-electron chi connectivity index (χ2n) is 6.33. The van der Waals surface area contributed by atoms with Crippen LogP contribution in [0.4, 0.5) is 0 Å². The van der Waals surface area contributed by atoms with E-state index in [0.717, 1.165) is 24.2 Å². The number of aryl methyl sites for hydroxylation is 1. The number of hydrogen-bond donors (Lipinski definition) is 2. The van der Waals surface area contributed by atoms with Crippen molar-refractivity contribution in [1.82, 2.24) is 29.7 Å². The number of sulfonamides is 1. The van der Waals surface area contributed by atoms with Crippen LogP contribution in [0.15, 0.2) is 40.5 Å². The summed E-state index contributed by atoms with van der Waals surface area (Å²) in [6, 6.07) is 6.98. The predicted molar refractivity (Wildman–Crippen MR) is 118 cm³/mol. The van der Waals surface area contributed by atoms with Gasteiger partial charge in [0.15, 0.2) is 5.96 Å². The van der Waals surface area contributed by atoms with Crippen molar-refractivity contribution in [1.29, 1.82) is 0 Å². The summed E-state index contributed by atoms with van der Waals surface area (Å²) in [7, 11) is 0.156. The molecule has 1 saturated heterocycles. The van der Waals surface area contributed by atoms with Gasteiger partial charge >= 0.3 is 0 Å². The zero-order valence-corrected chi connectivity index (χ0v) is 19.1. The highest BCUT2D eigenvalue weighted by Gasteiger charge is 2.26. The Hall–Kier alpha value is -1.73. The molecule has 1 aliphatic heterocycles. The van der Waals surface area contributed by atoms with Gasteiger partial charge in [0.05, 0.1) is 11.4 Å². The van der Waals surface area contributed by atoms with Crippen molar-refractivity contribution >= 4 is 40.0 Å². The maximum absolute atomic E-state index is 12.6. The number of aromatic nitrogens is 3.